The van der Waals surface area contributed by atoms with Crippen LogP contribution in [0.3, 0.4) is 0 Å². The van der Waals surface area contributed by atoms with Crippen molar-refractivity contribution in [3.05, 3.63) is 12.7 Å². The van der Waals surface area contributed by atoms with Crippen molar-refractivity contribution in [3.63, 3.8) is 0 Å². The van der Waals surface area contributed by atoms with Gasteiger partial charge in [-0.25, -0.2) is 0 Å². The predicted octanol–water partition coefficient (Wildman–Crippen LogP) is 1.41. The maximum atomic E-state index is 11.6. The maximum Gasteiger partial charge on any atom is 0.222 e. The van der Waals surface area contributed by atoms with Crippen molar-refractivity contribution in [2.24, 2.45) is 0 Å². The highest BCUT2D eigenvalue weighted by Crippen LogP contribution is 2.42. The summed E-state index contributed by atoms with van der Waals surface area (Å²) in [6.45, 7) is 7.33. The van der Waals surface area contributed by atoms with Crippen LogP contribution in [0, 0.1) is 0 Å². The van der Waals surface area contributed by atoms with Gasteiger partial charge in [-0.05, 0) is 6.42 Å². The van der Waals surface area contributed by atoms with Crippen molar-refractivity contribution >= 4 is 5.91 Å². The predicted molar refractivity (Wildman–Crippen MR) is 64.7 cm³/mol. The second kappa shape index (κ2) is 5.19. The molecule has 0 aromatic carbocycles. The molecule has 1 amide bonds. The Balaban J connectivity index is 1.83. The first-order valence-electron chi connectivity index (χ1n) is 6.36. The Morgan fingerprint density at radius 3 is 2.94 bits per heavy atom. The van der Waals surface area contributed by atoms with Crippen molar-refractivity contribution in [2.75, 3.05) is 13.2 Å². The van der Waals surface area contributed by atoms with Crippen LogP contribution in [0.1, 0.15) is 32.6 Å². The fourth-order valence-electron chi connectivity index (χ4n) is 2.35. The normalized spacial score (nSPS) is 35.6. The summed E-state index contributed by atoms with van der Waals surface area (Å²) >= 11 is 0. The molecule has 0 aliphatic carbocycles. The third-order valence-electron chi connectivity index (χ3n) is 3.34. The Bertz CT molecular complexity index is 299. The molecule has 2 heterocycles. The lowest BCUT2D eigenvalue weighted by Gasteiger charge is -2.32. The molecule has 4 heteroatoms. The highest BCUT2D eigenvalue weighted by molar-refractivity contribution is 5.76. The second-order valence-electron chi connectivity index (χ2n) is 4.97. The molecule has 2 fully saturated rings. The molecule has 2 aliphatic heterocycles. The van der Waals surface area contributed by atoms with Gasteiger partial charge in [-0.3, -0.25) is 4.79 Å². The Kier molecular flexibility index (Phi) is 3.84. The summed E-state index contributed by atoms with van der Waals surface area (Å²) in [5, 5.41) is 2.87. The van der Waals surface area contributed by atoms with E-state index in [0.717, 1.165) is 32.4 Å². The standard InChI is InChI=1S/C13H21NO3/c1-3-5-14-12(15)6-11-8-13(9-16-13)7-10(4-2)17-11/h4,10-11H,2-3,5-9H2,1H3,(H,14,15)/t10-,11-,13-/m1/s1. The minimum absolute atomic E-state index is 0.0210. The number of nitrogens with one attached hydrogen (secondary N) is 1. The summed E-state index contributed by atoms with van der Waals surface area (Å²) in [5.74, 6) is 0.0670. The first-order valence-corrected chi connectivity index (χ1v) is 6.36. The third-order valence-corrected chi connectivity index (χ3v) is 3.34. The van der Waals surface area contributed by atoms with Gasteiger partial charge in [0.1, 0.15) is 0 Å². The van der Waals surface area contributed by atoms with E-state index in [1.165, 1.54) is 0 Å². The Morgan fingerprint density at radius 2 is 2.35 bits per heavy atom. The molecule has 17 heavy (non-hydrogen) atoms. The fourth-order valence-corrected chi connectivity index (χ4v) is 2.35. The fraction of sp³-hybridized carbons (Fsp3) is 0.769. The number of rotatable bonds is 5. The van der Waals surface area contributed by atoms with Gasteiger partial charge in [0, 0.05) is 19.4 Å². The topological polar surface area (TPSA) is 50.9 Å². The first kappa shape index (κ1) is 12.6. The summed E-state index contributed by atoms with van der Waals surface area (Å²) in [5.41, 5.74) is -0.0210. The van der Waals surface area contributed by atoms with E-state index in [1.54, 1.807) is 6.08 Å². The Labute approximate surface area is 102 Å². The molecule has 2 aliphatic rings. The van der Waals surface area contributed by atoms with Gasteiger partial charge in [-0.1, -0.05) is 13.0 Å². The molecule has 1 N–H and O–H groups in total. The van der Waals surface area contributed by atoms with Crippen LogP contribution < -0.4 is 5.32 Å². The average Bonchev–Trinajstić information content (AvgIpc) is 3.04. The summed E-state index contributed by atoms with van der Waals surface area (Å²) < 4.78 is 11.3. The Hall–Kier alpha value is -0.870. The summed E-state index contributed by atoms with van der Waals surface area (Å²) in [4.78, 5) is 11.6. The molecule has 1 spiro atoms. The number of carbonyl (C=O) groups excluding carboxylic acids is 1. The molecule has 0 aromatic rings. The van der Waals surface area contributed by atoms with E-state index in [4.69, 9.17) is 9.47 Å². The van der Waals surface area contributed by atoms with Crippen molar-refractivity contribution < 1.29 is 14.3 Å². The third kappa shape index (κ3) is 3.30. The molecular weight excluding hydrogens is 218 g/mol. The van der Waals surface area contributed by atoms with E-state index >= 15 is 0 Å². The minimum Gasteiger partial charge on any atom is -0.370 e. The molecule has 4 nitrogen and oxygen atoms in total. The van der Waals surface area contributed by atoms with E-state index in [9.17, 15) is 4.79 Å². The smallest absolute Gasteiger partial charge is 0.222 e. The van der Waals surface area contributed by atoms with Gasteiger partial charge in [0.15, 0.2) is 0 Å². The zero-order chi connectivity index (χ0) is 12.3. The highest BCUT2D eigenvalue weighted by Gasteiger charge is 2.51. The van der Waals surface area contributed by atoms with Crippen molar-refractivity contribution in [3.8, 4) is 0 Å². The van der Waals surface area contributed by atoms with Crippen molar-refractivity contribution in [1.82, 2.24) is 5.32 Å². The monoisotopic (exact) mass is 239 g/mol. The number of hydrogen-bond donors (Lipinski definition) is 1. The van der Waals surface area contributed by atoms with Crippen LogP contribution >= 0.6 is 0 Å². The van der Waals surface area contributed by atoms with E-state index in [1.807, 2.05) is 6.92 Å². The summed E-state index contributed by atoms with van der Waals surface area (Å²) in [6.07, 6.45) is 4.89. The van der Waals surface area contributed by atoms with Crippen LogP contribution in [0.25, 0.3) is 0 Å². The van der Waals surface area contributed by atoms with Gasteiger partial charge < -0.3 is 14.8 Å². The number of epoxide rings is 1. The van der Waals surface area contributed by atoms with E-state index in [-0.39, 0.29) is 23.7 Å². The van der Waals surface area contributed by atoms with Gasteiger partial charge in [0.25, 0.3) is 0 Å². The highest BCUT2D eigenvalue weighted by atomic mass is 16.6. The maximum absolute atomic E-state index is 11.6. The lowest BCUT2D eigenvalue weighted by molar-refractivity contribution is -0.127. The van der Waals surface area contributed by atoms with Crippen LogP contribution in [0.5, 0.6) is 0 Å². The largest absolute Gasteiger partial charge is 0.370 e. The van der Waals surface area contributed by atoms with Gasteiger partial charge in [0.05, 0.1) is 30.8 Å². The van der Waals surface area contributed by atoms with Gasteiger partial charge in [-0.2, -0.15) is 0 Å². The lowest BCUT2D eigenvalue weighted by Crippen LogP contribution is -2.40. The molecular formula is C13H21NO3. The minimum atomic E-state index is -0.0360. The number of hydrogen-bond acceptors (Lipinski definition) is 3. The zero-order valence-corrected chi connectivity index (χ0v) is 10.4. The number of amides is 1. The summed E-state index contributed by atoms with van der Waals surface area (Å²) in [7, 11) is 0. The molecule has 0 unspecified atom stereocenters. The molecule has 2 rings (SSSR count). The van der Waals surface area contributed by atoms with Crippen LogP contribution in [-0.2, 0) is 14.3 Å². The van der Waals surface area contributed by atoms with Crippen molar-refractivity contribution in [2.45, 2.75) is 50.4 Å². The summed E-state index contributed by atoms with van der Waals surface area (Å²) in [6, 6.07) is 0. The van der Waals surface area contributed by atoms with E-state index in [2.05, 4.69) is 11.9 Å². The first-order chi connectivity index (χ1) is 8.17. The van der Waals surface area contributed by atoms with Gasteiger partial charge in [0.2, 0.25) is 5.91 Å². The van der Waals surface area contributed by atoms with E-state index in [0.29, 0.717) is 6.42 Å². The number of carbonyl (C=O) groups is 1. The van der Waals surface area contributed by atoms with Crippen LogP contribution in [-0.4, -0.2) is 36.9 Å². The lowest BCUT2D eigenvalue weighted by atomic mass is 9.90. The van der Waals surface area contributed by atoms with E-state index < -0.39 is 0 Å². The quantitative estimate of drug-likeness (QED) is 0.583. The molecule has 0 radical (unpaired) electrons. The van der Waals surface area contributed by atoms with Crippen LogP contribution in [0.4, 0.5) is 0 Å². The number of ether oxygens (including phenoxy) is 2. The molecule has 0 aromatic heterocycles. The average molecular weight is 239 g/mol. The van der Waals surface area contributed by atoms with Crippen molar-refractivity contribution in [1.29, 1.82) is 0 Å². The molecule has 3 atom stereocenters. The molecule has 0 bridgehead atoms. The van der Waals surface area contributed by atoms with Crippen LogP contribution in [0.2, 0.25) is 0 Å². The molecule has 0 saturated carbocycles. The van der Waals surface area contributed by atoms with Crippen LogP contribution in [0.15, 0.2) is 12.7 Å². The zero-order valence-electron chi connectivity index (χ0n) is 10.4. The van der Waals surface area contributed by atoms with Gasteiger partial charge in [-0.15, -0.1) is 6.58 Å². The SMILES string of the molecule is C=C[C@@H]1C[C@]2(CO2)C[C@@H](CC(=O)NCCC)O1. The van der Waals surface area contributed by atoms with Gasteiger partial charge >= 0.3 is 0 Å². The molecule has 2 saturated heterocycles. The second-order valence-corrected chi connectivity index (χ2v) is 4.97. The Morgan fingerprint density at radius 1 is 1.59 bits per heavy atom. The molecule has 96 valence electrons.